The second-order valence-corrected chi connectivity index (χ2v) is 5.16. The number of hydrogen-bond acceptors (Lipinski definition) is 5. The molecule has 0 atom stereocenters. The van der Waals surface area contributed by atoms with E-state index in [1.165, 1.54) is 13.4 Å². The fraction of sp³-hybridized carbons (Fsp3) is 0.118. The molecule has 1 amide bonds. The Morgan fingerprint density at radius 3 is 2.64 bits per heavy atom. The van der Waals surface area contributed by atoms with E-state index in [-0.39, 0.29) is 12.1 Å². The predicted octanol–water partition coefficient (Wildman–Crippen LogP) is 1.44. The molecule has 8 nitrogen and oxygen atoms in total. The van der Waals surface area contributed by atoms with Crippen molar-refractivity contribution >= 4 is 11.6 Å². The van der Waals surface area contributed by atoms with E-state index in [9.17, 15) is 14.4 Å². The van der Waals surface area contributed by atoms with Crippen LogP contribution in [-0.2, 0) is 6.54 Å². The van der Waals surface area contributed by atoms with Crippen LogP contribution < -0.4 is 21.3 Å². The van der Waals surface area contributed by atoms with Gasteiger partial charge in [0, 0.05) is 11.9 Å². The van der Waals surface area contributed by atoms with Crippen molar-refractivity contribution in [3.63, 3.8) is 0 Å². The quantitative estimate of drug-likeness (QED) is 0.730. The van der Waals surface area contributed by atoms with Gasteiger partial charge < -0.3 is 19.5 Å². The number of amides is 1. The third-order valence-corrected chi connectivity index (χ3v) is 3.55. The van der Waals surface area contributed by atoms with Crippen LogP contribution in [-0.4, -0.2) is 22.6 Å². The summed E-state index contributed by atoms with van der Waals surface area (Å²) in [5, 5.41) is 2.60. The molecule has 128 valence electrons. The van der Waals surface area contributed by atoms with Gasteiger partial charge in [-0.2, -0.15) is 0 Å². The molecular weight excluding hydrogens is 326 g/mol. The van der Waals surface area contributed by atoms with Crippen molar-refractivity contribution in [1.82, 2.24) is 9.55 Å². The standard InChI is InChI=1S/C17H15N3O5/c1-24-12-6-4-11(5-7-12)19-15(21)14-9-18-17(23)20(16(14)22)10-13-3-2-8-25-13/h2-9H,10H2,1H3,(H,18,23)(H,19,21). The number of carbonyl (C=O) groups is 1. The van der Waals surface area contributed by atoms with Gasteiger partial charge in [0.15, 0.2) is 0 Å². The first-order valence-corrected chi connectivity index (χ1v) is 7.39. The number of methoxy groups -OCH3 is 1. The number of aromatic nitrogens is 2. The van der Waals surface area contributed by atoms with Crippen LogP contribution in [0.25, 0.3) is 0 Å². The summed E-state index contributed by atoms with van der Waals surface area (Å²) in [5.74, 6) is 0.447. The highest BCUT2D eigenvalue weighted by Crippen LogP contribution is 2.15. The number of ether oxygens (including phenoxy) is 1. The number of furan rings is 1. The molecule has 0 radical (unpaired) electrons. The maximum Gasteiger partial charge on any atom is 0.328 e. The fourth-order valence-electron chi connectivity index (χ4n) is 2.25. The molecule has 2 N–H and O–H groups in total. The number of anilines is 1. The molecule has 0 bridgehead atoms. The smallest absolute Gasteiger partial charge is 0.328 e. The van der Waals surface area contributed by atoms with Gasteiger partial charge in [0.25, 0.3) is 11.5 Å². The summed E-state index contributed by atoms with van der Waals surface area (Å²) in [6.07, 6.45) is 2.54. The van der Waals surface area contributed by atoms with Gasteiger partial charge in [-0.05, 0) is 36.4 Å². The molecule has 0 saturated carbocycles. The lowest BCUT2D eigenvalue weighted by Gasteiger charge is -2.08. The molecule has 25 heavy (non-hydrogen) atoms. The first kappa shape index (κ1) is 16.3. The average Bonchev–Trinajstić information content (AvgIpc) is 3.12. The predicted molar refractivity (Wildman–Crippen MR) is 90.1 cm³/mol. The van der Waals surface area contributed by atoms with Crippen LogP contribution in [0, 0.1) is 0 Å². The Morgan fingerprint density at radius 1 is 1.24 bits per heavy atom. The van der Waals surface area contributed by atoms with Crippen LogP contribution >= 0.6 is 0 Å². The molecule has 2 aromatic heterocycles. The van der Waals surface area contributed by atoms with Crippen LogP contribution in [0.5, 0.6) is 5.75 Å². The van der Waals surface area contributed by atoms with E-state index < -0.39 is 17.2 Å². The number of H-pyrrole nitrogens is 1. The van der Waals surface area contributed by atoms with E-state index in [1.807, 2.05) is 0 Å². The Hall–Kier alpha value is -3.55. The third-order valence-electron chi connectivity index (χ3n) is 3.55. The third kappa shape index (κ3) is 3.52. The van der Waals surface area contributed by atoms with E-state index in [0.717, 1.165) is 10.8 Å². The molecule has 2 heterocycles. The molecule has 3 rings (SSSR count). The number of nitrogens with zero attached hydrogens (tertiary/aromatic N) is 1. The Labute approximate surface area is 141 Å². The van der Waals surface area contributed by atoms with E-state index in [0.29, 0.717) is 17.2 Å². The molecule has 3 aromatic rings. The summed E-state index contributed by atoms with van der Waals surface area (Å²) in [5.41, 5.74) is -1.01. The maximum absolute atomic E-state index is 12.5. The minimum Gasteiger partial charge on any atom is -0.497 e. The van der Waals surface area contributed by atoms with E-state index >= 15 is 0 Å². The first-order valence-electron chi connectivity index (χ1n) is 7.39. The van der Waals surface area contributed by atoms with Gasteiger partial charge in [-0.25, -0.2) is 4.79 Å². The zero-order valence-corrected chi connectivity index (χ0v) is 13.3. The van der Waals surface area contributed by atoms with Crippen LogP contribution in [0.1, 0.15) is 16.1 Å². The second-order valence-electron chi connectivity index (χ2n) is 5.16. The van der Waals surface area contributed by atoms with Crippen molar-refractivity contribution in [2.75, 3.05) is 12.4 Å². The van der Waals surface area contributed by atoms with Crippen molar-refractivity contribution < 1.29 is 13.9 Å². The molecule has 0 aliphatic rings. The number of benzene rings is 1. The molecule has 0 aliphatic heterocycles. The van der Waals surface area contributed by atoms with Gasteiger partial charge in [0.05, 0.1) is 19.9 Å². The molecule has 1 aromatic carbocycles. The van der Waals surface area contributed by atoms with Gasteiger partial charge in [-0.15, -0.1) is 0 Å². The molecule has 0 aliphatic carbocycles. The van der Waals surface area contributed by atoms with Crippen LogP contribution in [0.15, 0.2) is 62.9 Å². The Balaban J connectivity index is 1.87. The summed E-state index contributed by atoms with van der Waals surface area (Å²) in [4.78, 5) is 39.1. The van der Waals surface area contributed by atoms with Crippen molar-refractivity contribution in [1.29, 1.82) is 0 Å². The topological polar surface area (TPSA) is 106 Å². The van der Waals surface area contributed by atoms with Crippen molar-refractivity contribution in [2.45, 2.75) is 6.54 Å². The van der Waals surface area contributed by atoms with Crippen LogP contribution in [0.2, 0.25) is 0 Å². The normalized spacial score (nSPS) is 10.4. The molecule has 0 fully saturated rings. The average molecular weight is 341 g/mol. The minimum absolute atomic E-state index is 0.0647. The molecule has 0 unspecified atom stereocenters. The highest BCUT2D eigenvalue weighted by atomic mass is 16.5. The monoisotopic (exact) mass is 341 g/mol. The lowest BCUT2D eigenvalue weighted by atomic mass is 10.2. The number of aromatic amines is 1. The highest BCUT2D eigenvalue weighted by molar-refractivity contribution is 6.03. The summed E-state index contributed by atoms with van der Waals surface area (Å²) in [6, 6.07) is 9.92. The van der Waals surface area contributed by atoms with Crippen molar-refractivity contribution in [3.8, 4) is 5.75 Å². The highest BCUT2D eigenvalue weighted by Gasteiger charge is 2.15. The van der Waals surface area contributed by atoms with Gasteiger partial charge in [-0.3, -0.25) is 14.2 Å². The van der Waals surface area contributed by atoms with E-state index in [4.69, 9.17) is 9.15 Å². The fourth-order valence-corrected chi connectivity index (χ4v) is 2.25. The largest absolute Gasteiger partial charge is 0.497 e. The summed E-state index contributed by atoms with van der Waals surface area (Å²) in [7, 11) is 1.54. The van der Waals surface area contributed by atoms with Gasteiger partial charge in [0.1, 0.15) is 17.1 Å². The van der Waals surface area contributed by atoms with Crippen LogP contribution in [0.4, 0.5) is 5.69 Å². The zero-order valence-electron chi connectivity index (χ0n) is 13.3. The zero-order chi connectivity index (χ0) is 17.8. The number of nitrogens with one attached hydrogen (secondary N) is 2. The number of rotatable bonds is 5. The Morgan fingerprint density at radius 2 is 2.00 bits per heavy atom. The summed E-state index contributed by atoms with van der Waals surface area (Å²) >= 11 is 0. The van der Waals surface area contributed by atoms with E-state index in [2.05, 4.69) is 10.3 Å². The molecule has 0 spiro atoms. The van der Waals surface area contributed by atoms with Gasteiger partial charge in [-0.1, -0.05) is 0 Å². The van der Waals surface area contributed by atoms with Crippen LogP contribution in [0.3, 0.4) is 0 Å². The minimum atomic E-state index is -0.703. The summed E-state index contributed by atoms with van der Waals surface area (Å²) < 4.78 is 11.1. The lowest BCUT2D eigenvalue weighted by molar-refractivity contribution is 0.102. The lowest BCUT2D eigenvalue weighted by Crippen LogP contribution is -2.39. The van der Waals surface area contributed by atoms with Gasteiger partial charge >= 0.3 is 5.69 Å². The maximum atomic E-state index is 12.5. The SMILES string of the molecule is COc1ccc(NC(=O)c2c[nH]c(=O)n(Cc3ccco3)c2=O)cc1. The van der Waals surface area contributed by atoms with Crippen molar-refractivity contribution in [3.05, 3.63) is 81.0 Å². The Kier molecular flexibility index (Phi) is 4.51. The molecule has 0 saturated heterocycles. The van der Waals surface area contributed by atoms with Crippen molar-refractivity contribution in [2.24, 2.45) is 0 Å². The van der Waals surface area contributed by atoms with Gasteiger partial charge in [0.2, 0.25) is 0 Å². The number of carbonyl (C=O) groups excluding carboxylic acids is 1. The molecular formula is C17H15N3O5. The number of hydrogen-bond donors (Lipinski definition) is 2. The first-order chi connectivity index (χ1) is 12.1. The summed E-state index contributed by atoms with van der Waals surface area (Å²) in [6.45, 7) is -0.0647. The Bertz CT molecular complexity index is 984. The molecule has 8 heteroatoms. The van der Waals surface area contributed by atoms with E-state index in [1.54, 1.807) is 36.4 Å². The second kappa shape index (κ2) is 6.91.